The summed E-state index contributed by atoms with van der Waals surface area (Å²) in [4.78, 5) is 24.9. The molecule has 1 aromatic heterocycles. The fourth-order valence-corrected chi connectivity index (χ4v) is 10.8. The van der Waals surface area contributed by atoms with Gasteiger partial charge in [-0.1, -0.05) is 0 Å². The Morgan fingerprint density at radius 3 is 1.78 bits per heavy atom. The minimum atomic E-state index is -0.816. The van der Waals surface area contributed by atoms with Gasteiger partial charge >= 0.3 is 5.69 Å². The van der Waals surface area contributed by atoms with Crippen LogP contribution in [-0.4, -0.2) is 50.2 Å². The number of H-pyrrole nitrogens is 1. The van der Waals surface area contributed by atoms with E-state index in [1.165, 1.54) is 87.8 Å². The molecule has 0 spiro atoms. The third-order valence-electron chi connectivity index (χ3n) is 12.0. The number of hydrogen-bond donors (Lipinski definition) is 5. The van der Waals surface area contributed by atoms with E-state index >= 15 is 0 Å². The number of aromatic amines is 1. The fraction of sp³-hybridized carbons (Fsp3) is 0.875. The Balaban J connectivity index is 0.000000113. The average molecular weight is 573 g/mol. The molecule has 7 N–H and O–H groups in total. The molecule has 41 heavy (non-hydrogen) atoms. The normalized spacial score (nSPS) is 45.6. The van der Waals surface area contributed by atoms with E-state index in [-0.39, 0.29) is 13.0 Å². The number of ether oxygens (including phenoxy) is 1. The van der Waals surface area contributed by atoms with Crippen LogP contribution in [0.15, 0.2) is 15.8 Å². The SMILES string of the molecule is CC(N)C12CC3CC(CC(C3)C1)C2.Cc1cn([C@H]2C[C@H](O)[C@@H](CO)O2)c(=O)[nH]c1=O.NC12CC3CC(CC(C3)C1)C2. The summed E-state index contributed by atoms with van der Waals surface area (Å²) >= 11 is 0. The second kappa shape index (κ2) is 11.2. The van der Waals surface area contributed by atoms with Crippen LogP contribution in [0.4, 0.5) is 0 Å². The first-order valence-electron chi connectivity index (χ1n) is 16.2. The average Bonchev–Trinajstić information content (AvgIpc) is 3.25. The highest BCUT2D eigenvalue weighted by molar-refractivity contribution is 5.06. The van der Waals surface area contributed by atoms with Crippen molar-refractivity contribution in [2.45, 2.75) is 127 Å². The Hall–Kier alpha value is -1.52. The van der Waals surface area contributed by atoms with Gasteiger partial charge in [0, 0.05) is 29.8 Å². The lowest BCUT2D eigenvalue weighted by atomic mass is 9.48. The van der Waals surface area contributed by atoms with E-state index in [4.69, 9.17) is 21.3 Å². The monoisotopic (exact) mass is 572 g/mol. The number of hydrogen-bond acceptors (Lipinski definition) is 7. The fourth-order valence-electron chi connectivity index (χ4n) is 10.8. The molecule has 8 aliphatic carbocycles. The smallest absolute Gasteiger partial charge is 0.330 e. The highest BCUT2D eigenvalue weighted by atomic mass is 16.5. The van der Waals surface area contributed by atoms with Gasteiger partial charge < -0.3 is 26.4 Å². The number of aliphatic hydroxyl groups is 2. The van der Waals surface area contributed by atoms with Gasteiger partial charge in [-0.2, -0.15) is 0 Å². The van der Waals surface area contributed by atoms with Crippen molar-refractivity contribution in [2.24, 2.45) is 52.4 Å². The number of nitrogens with two attached hydrogens (primary N) is 2. The summed E-state index contributed by atoms with van der Waals surface area (Å²) < 4.78 is 6.54. The minimum Gasteiger partial charge on any atom is -0.394 e. The molecule has 0 amide bonds. The molecule has 9 heteroatoms. The number of nitrogens with one attached hydrogen (secondary N) is 1. The van der Waals surface area contributed by atoms with Crippen molar-refractivity contribution in [3.8, 4) is 0 Å². The van der Waals surface area contributed by atoms with E-state index < -0.39 is 29.7 Å². The summed E-state index contributed by atoms with van der Waals surface area (Å²) in [7, 11) is 0. The van der Waals surface area contributed by atoms with Crippen molar-refractivity contribution >= 4 is 0 Å². The van der Waals surface area contributed by atoms with E-state index in [0.29, 0.717) is 22.6 Å². The molecule has 1 unspecified atom stereocenters. The standard InChI is InChI=1S/C12H21N.C10H14N2O5.C10H17N/c1-8(13)12-5-9-2-10(6-12)4-11(3-9)7-12;1-5-3-12(10(16)11-9(5)15)8-2-6(14)7(4-13)17-8;11-10-4-7-1-8(5-10)3-9(2-7)6-10/h8-11H,2-7,13H2,1H3;3,6-8,13-14H,2,4H2,1H3,(H,11,15,16);7-9H,1-6,11H2/t;6-,7+,8+;/m.0./s1. The molecule has 1 aromatic rings. The number of rotatable bonds is 3. The first-order valence-corrected chi connectivity index (χ1v) is 16.2. The van der Waals surface area contributed by atoms with Gasteiger partial charge in [-0.15, -0.1) is 0 Å². The lowest BCUT2D eigenvalue weighted by Gasteiger charge is -2.58. The molecule has 230 valence electrons. The highest BCUT2D eigenvalue weighted by Gasteiger charge is 2.52. The molecule has 8 bridgehead atoms. The molecule has 9 fully saturated rings. The van der Waals surface area contributed by atoms with Crippen molar-refractivity contribution in [1.29, 1.82) is 0 Å². The van der Waals surface area contributed by atoms with Gasteiger partial charge in [-0.3, -0.25) is 14.3 Å². The lowest BCUT2D eigenvalue weighted by Crippen LogP contribution is -2.55. The van der Waals surface area contributed by atoms with Crippen molar-refractivity contribution in [2.75, 3.05) is 6.61 Å². The second-order valence-corrected chi connectivity index (χ2v) is 15.4. The third kappa shape index (κ3) is 5.99. The largest absolute Gasteiger partial charge is 0.394 e. The Morgan fingerprint density at radius 1 is 0.927 bits per heavy atom. The lowest BCUT2D eigenvalue weighted by molar-refractivity contribution is -0.0637. The quantitative estimate of drug-likeness (QED) is 0.373. The Kier molecular flexibility index (Phi) is 8.07. The summed E-state index contributed by atoms with van der Waals surface area (Å²) in [6, 6.07) is 0.445. The van der Waals surface area contributed by atoms with Crippen molar-refractivity contribution in [3.63, 3.8) is 0 Å². The van der Waals surface area contributed by atoms with Crippen LogP contribution in [0, 0.1) is 47.8 Å². The molecular weight excluding hydrogens is 520 g/mol. The van der Waals surface area contributed by atoms with Crippen LogP contribution >= 0.6 is 0 Å². The van der Waals surface area contributed by atoms with Gasteiger partial charge in [-0.05, 0) is 132 Å². The molecule has 2 heterocycles. The molecule has 9 nitrogen and oxygen atoms in total. The Labute approximate surface area is 243 Å². The molecule has 0 aromatic carbocycles. The number of aromatic nitrogens is 2. The van der Waals surface area contributed by atoms with Gasteiger partial charge in [0.25, 0.3) is 5.56 Å². The van der Waals surface area contributed by atoms with Crippen molar-refractivity contribution in [3.05, 3.63) is 32.6 Å². The molecule has 1 saturated heterocycles. The molecule has 9 aliphatic rings. The maximum Gasteiger partial charge on any atom is 0.330 e. The summed E-state index contributed by atoms with van der Waals surface area (Å²) in [5.41, 5.74) is 12.7. The topological polar surface area (TPSA) is 157 Å². The van der Waals surface area contributed by atoms with Crippen LogP contribution in [0.2, 0.25) is 0 Å². The highest BCUT2D eigenvalue weighted by Crippen LogP contribution is 2.61. The van der Waals surface area contributed by atoms with Crippen molar-refractivity contribution < 1.29 is 14.9 Å². The third-order valence-corrected chi connectivity index (χ3v) is 12.0. The molecule has 8 saturated carbocycles. The molecule has 1 aliphatic heterocycles. The predicted molar refractivity (Wildman–Crippen MR) is 157 cm³/mol. The zero-order valence-corrected chi connectivity index (χ0v) is 25.0. The van der Waals surface area contributed by atoms with Crippen LogP contribution < -0.4 is 22.7 Å². The Bertz CT molecular complexity index is 1140. The van der Waals surface area contributed by atoms with E-state index in [2.05, 4.69) is 11.9 Å². The van der Waals surface area contributed by atoms with Crippen LogP contribution in [0.5, 0.6) is 0 Å². The van der Waals surface area contributed by atoms with Crippen LogP contribution in [0.1, 0.15) is 102 Å². The first kappa shape index (κ1) is 29.5. The van der Waals surface area contributed by atoms with Gasteiger partial charge in [0.2, 0.25) is 0 Å². The second-order valence-electron chi connectivity index (χ2n) is 15.4. The number of aliphatic hydroxyl groups excluding tert-OH is 2. The van der Waals surface area contributed by atoms with E-state index in [9.17, 15) is 14.7 Å². The Morgan fingerprint density at radius 2 is 1.39 bits per heavy atom. The maximum atomic E-state index is 11.6. The van der Waals surface area contributed by atoms with Crippen LogP contribution in [0.25, 0.3) is 0 Å². The molecular formula is C32H52N4O5. The van der Waals surface area contributed by atoms with Gasteiger partial charge in [0.1, 0.15) is 12.3 Å². The van der Waals surface area contributed by atoms with Crippen LogP contribution in [-0.2, 0) is 4.74 Å². The van der Waals surface area contributed by atoms with E-state index in [1.54, 1.807) is 6.92 Å². The summed E-state index contributed by atoms with van der Waals surface area (Å²) in [6.45, 7) is 3.51. The maximum absolute atomic E-state index is 11.6. The van der Waals surface area contributed by atoms with Gasteiger partial charge in [-0.25, -0.2) is 4.79 Å². The minimum absolute atomic E-state index is 0.205. The predicted octanol–water partition coefficient (Wildman–Crippen LogP) is 2.95. The van der Waals surface area contributed by atoms with Gasteiger partial charge in [0.15, 0.2) is 0 Å². The van der Waals surface area contributed by atoms with E-state index in [1.807, 2.05) is 0 Å². The molecule has 4 atom stereocenters. The first-order chi connectivity index (χ1) is 19.4. The zero-order chi connectivity index (χ0) is 29.1. The zero-order valence-electron chi connectivity index (χ0n) is 25.0. The molecule has 10 rings (SSSR count). The van der Waals surface area contributed by atoms with E-state index in [0.717, 1.165) is 35.5 Å². The van der Waals surface area contributed by atoms with Gasteiger partial charge in [0.05, 0.1) is 12.7 Å². The van der Waals surface area contributed by atoms with Crippen molar-refractivity contribution in [1.82, 2.24) is 9.55 Å². The van der Waals surface area contributed by atoms with Crippen LogP contribution in [0.3, 0.4) is 0 Å². The molecule has 0 radical (unpaired) electrons. The number of aryl methyl sites for hydroxylation is 1. The number of nitrogens with zero attached hydrogens (tertiary/aromatic N) is 1. The summed E-state index contributed by atoms with van der Waals surface area (Å²) in [5.74, 6) is 6.22. The summed E-state index contributed by atoms with van der Waals surface area (Å²) in [6.07, 6.45) is 17.0. The summed E-state index contributed by atoms with van der Waals surface area (Å²) in [5, 5.41) is 18.5.